The molecule has 0 rings (SSSR count). The summed E-state index contributed by atoms with van der Waals surface area (Å²) < 4.78 is 0. The third kappa shape index (κ3) is 6.09. The van der Waals surface area contributed by atoms with Crippen LogP contribution in [0.5, 0.6) is 0 Å². The van der Waals surface area contributed by atoms with E-state index in [2.05, 4.69) is 27.7 Å². The Kier molecular flexibility index (Phi) is 7.35. The van der Waals surface area contributed by atoms with Gasteiger partial charge in [0.1, 0.15) is 0 Å². The topological polar surface area (TPSA) is 26.0 Å². The van der Waals surface area contributed by atoms with E-state index >= 15 is 0 Å². The van der Waals surface area contributed by atoms with Crippen LogP contribution in [-0.2, 0) is 0 Å². The van der Waals surface area contributed by atoms with E-state index in [9.17, 15) is 0 Å². The molecule has 0 saturated heterocycles. The zero-order valence-electron chi connectivity index (χ0n) is 9.84. The van der Waals surface area contributed by atoms with Gasteiger partial charge < -0.3 is 5.73 Å². The molecule has 0 aromatic rings. The van der Waals surface area contributed by atoms with Gasteiger partial charge >= 0.3 is 0 Å². The fourth-order valence-electron chi connectivity index (χ4n) is 2.14. The zero-order valence-corrected chi connectivity index (χ0v) is 9.84. The van der Waals surface area contributed by atoms with E-state index in [-0.39, 0.29) is 0 Å². The molecule has 80 valence electrons. The summed E-state index contributed by atoms with van der Waals surface area (Å²) in [5.74, 6) is 2.56. The summed E-state index contributed by atoms with van der Waals surface area (Å²) in [5, 5.41) is 0. The molecule has 2 N–H and O–H groups in total. The lowest BCUT2D eigenvalue weighted by Crippen LogP contribution is -2.15. The normalized spacial score (nSPS) is 12.0. The Balaban J connectivity index is 3.58. The van der Waals surface area contributed by atoms with E-state index in [4.69, 9.17) is 5.73 Å². The fraction of sp³-hybridized carbons (Fsp3) is 1.00. The molecule has 0 saturated carbocycles. The highest BCUT2D eigenvalue weighted by molar-refractivity contribution is 4.66. The lowest BCUT2D eigenvalue weighted by molar-refractivity contribution is 0.261. The summed E-state index contributed by atoms with van der Waals surface area (Å²) in [5.41, 5.74) is 5.46. The maximum Gasteiger partial charge on any atom is -0.00773 e. The highest BCUT2D eigenvalue weighted by Gasteiger charge is 2.16. The summed E-state index contributed by atoms with van der Waals surface area (Å²) in [7, 11) is 0. The summed E-state index contributed by atoms with van der Waals surface area (Å²) in [6, 6.07) is 0. The van der Waals surface area contributed by atoms with Gasteiger partial charge in [0.2, 0.25) is 0 Å². The SMILES string of the molecule is CC(C)C(CCCCCN)C(C)C. The van der Waals surface area contributed by atoms with Gasteiger partial charge in [0, 0.05) is 0 Å². The van der Waals surface area contributed by atoms with Crippen LogP contribution in [0.4, 0.5) is 0 Å². The van der Waals surface area contributed by atoms with E-state index in [1.165, 1.54) is 25.7 Å². The van der Waals surface area contributed by atoms with Gasteiger partial charge in [0.25, 0.3) is 0 Å². The third-order valence-electron chi connectivity index (χ3n) is 2.95. The predicted molar refractivity (Wildman–Crippen MR) is 60.7 cm³/mol. The molecule has 0 bridgehead atoms. The van der Waals surface area contributed by atoms with Crippen molar-refractivity contribution in [3.63, 3.8) is 0 Å². The van der Waals surface area contributed by atoms with Crippen LogP contribution < -0.4 is 5.73 Å². The smallest absolute Gasteiger partial charge is 0.00773 e. The van der Waals surface area contributed by atoms with Gasteiger partial charge in [-0.1, -0.05) is 40.5 Å². The molecule has 13 heavy (non-hydrogen) atoms. The highest BCUT2D eigenvalue weighted by Crippen LogP contribution is 2.26. The van der Waals surface area contributed by atoms with Crippen LogP contribution >= 0.6 is 0 Å². The van der Waals surface area contributed by atoms with E-state index in [0.717, 1.165) is 24.3 Å². The van der Waals surface area contributed by atoms with Gasteiger partial charge in [-0.3, -0.25) is 0 Å². The first-order valence-electron chi connectivity index (χ1n) is 5.79. The van der Waals surface area contributed by atoms with Crippen LogP contribution in [0.2, 0.25) is 0 Å². The molecule has 0 aromatic carbocycles. The maximum absolute atomic E-state index is 5.46. The minimum Gasteiger partial charge on any atom is -0.330 e. The van der Waals surface area contributed by atoms with Crippen molar-refractivity contribution < 1.29 is 0 Å². The van der Waals surface area contributed by atoms with Gasteiger partial charge in [0.05, 0.1) is 0 Å². The minimum absolute atomic E-state index is 0.831. The first-order chi connectivity index (χ1) is 6.09. The summed E-state index contributed by atoms with van der Waals surface area (Å²) >= 11 is 0. The van der Waals surface area contributed by atoms with Crippen LogP contribution in [0.25, 0.3) is 0 Å². The van der Waals surface area contributed by atoms with Crippen molar-refractivity contribution in [1.29, 1.82) is 0 Å². The second-order valence-electron chi connectivity index (χ2n) is 4.79. The van der Waals surface area contributed by atoms with Crippen LogP contribution in [0.15, 0.2) is 0 Å². The molecule has 1 nitrogen and oxygen atoms in total. The molecule has 0 aromatic heterocycles. The lowest BCUT2D eigenvalue weighted by atomic mass is 9.82. The molecule has 0 aliphatic carbocycles. The Morgan fingerprint density at radius 2 is 1.38 bits per heavy atom. The van der Waals surface area contributed by atoms with Crippen molar-refractivity contribution in [2.45, 2.75) is 53.4 Å². The molecule has 0 unspecified atom stereocenters. The molecule has 0 atom stereocenters. The van der Waals surface area contributed by atoms with Crippen molar-refractivity contribution in [2.24, 2.45) is 23.5 Å². The van der Waals surface area contributed by atoms with E-state index in [1.807, 2.05) is 0 Å². The second-order valence-corrected chi connectivity index (χ2v) is 4.79. The standard InChI is InChI=1S/C12H27N/c1-10(2)12(11(3)4)8-6-5-7-9-13/h10-12H,5-9,13H2,1-4H3. The summed E-state index contributed by atoms with van der Waals surface area (Å²) in [6.45, 7) is 10.2. The number of hydrogen-bond donors (Lipinski definition) is 1. The van der Waals surface area contributed by atoms with Crippen molar-refractivity contribution >= 4 is 0 Å². The van der Waals surface area contributed by atoms with Gasteiger partial charge in [-0.05, 0) is 37.1 Å². The number of rotatable bonds is 7. The van der Waals surface area contributed by atoms with Crippen molar-refractivity contribution in [2.75, 3.05) is 6.54 Å². The van der Waals surface area contributed by atoms with Crippen molar-refractivity contribution in [1.82, 2.24) is 0 Å². The Labute approximate surface area is 84.1 Å². The number of unbranched alkanes of at least 4 members (excludes halogenated alkanes) is 2. The van der Waals surface area contributed by atoms with Gasteiger partial charge in [-0.2, -0.15) is 0 Å². The quantitative estimate of drug-likeness (QED) is 0.604. The molecule has 0 amide bonds. The van der Waals surface area contributed by atoms with Crippen molar-refractivity contribution in [3.8, 4) is 0 Å². The molecule has 0 heterocycles. The number of hydrogen-bond acceptors (Lipinski definition) is 1. The molecular weight excluding hydrogens is 158 g/mol. The minimum atomic E-state index is 0.831. The van der Waals surface area contributed by atoms with E-state index in [0.29, 0.717) is 0 Å². The Bertz CT molecular complexity index is 99.7. The average Bonchev–Trinajstić information content (AvgIpc) is 2.02. The van der Waals surface area contributed by atoms with Crippen LogP contribution in [0.3, 0.4) is 0 Å². The number of nitrogens with two attached hydrogens (primary N) is 1. The highest BCUT2D eigenvalue weighted by atomic mass is 14.5. The van der Waals surface area contributed by atoms with Crippen LogP contribution in [0.1, 0.15) is 53.4 Å². The summed E-state index contributed by atoms with van der Waals surface area (Å²) in [6.07, 6.45) is 5.25. The summed E-state index contributed by atoms with van der Waals surface area (Å²) in [4.78, 5) is 0. The Morgan fingerprint density at radius 1 is 0.846 bits per heavy atom. The predicted octanol–water partition coefficient (Wildman–Crippen LogP) is 3.43. The van der Waals surface area contributed by atoms with Crippen molar-refractivity contribution in [3.05, 3.63) is 0 Å². The molecule has 0 aliphatic rings. The molecule has 0 spiro atoms. The molecule has 0 aliphatic heterocycles. The van der Waals surface area contributed by atoms with E-state index < -0.39 is 0 Å². The lowest BCUT2D eigenvalue weighted by Gasteiger charge is -2.24. The van der Waals surface area contributed by atoms with Crippen LogP contribution in [0, 0.1) is 17.8 Å². The van der Waals surface area contributed by atoms with Gasteiger partial charge in [-0.15, -0.1) is 0 Å². The largest absolute Gasteiger partial charge is 0.330 e. The monoisotopic (exact) mass is 185 g/mol. The zero-order chi connectivity index (χ0) is 10.3. The Morgan fingerprint density at radius 3 is 1.77 bits per heavy atom. The van der Waals surface area contributed by atoms with Gasteiger partial charge in [0.15, 0.2) is 0 Å². The molecule has 0 radical (unpaired) electrons. The second kappa shape index (κ2) is 7.37. The first-order valence-corrected chi connectivity index (χ1v) is 5.79. The molecule has 0 fully saturated rings. The van der Waals surface area contributed by atoms with Gasteiger partial charge in [-0.25, -0.2) is 0 Å². The van der Waals surface area contributed by atoms with Crippen LogP contribution in [-0.4, -0.2) is 6.54 Å². The average molecular weight is 185 g/mol. The Hall–Kier alpha value is -0.0400. The first kappa shape index (κ1) is 13.0. The van der Waals surface area contributed by atoms with E-state index in [1.54, 1.807) is 0 Å². The molecular formula is C12H27N. The third-order valence-corrected chi connectivity index (χ3v) is 2.95. The maximum atomic E-state index is 5.46. The fourth-order valence-corrected chi connectivity index (χ4v) is 2.14. The molecule has 1 heteroatoms.